The normalized spacial score (nSPS) is 9.54. The molecule has 2 N–H and O–H groups in total. The van der Waals surface area contributed by atoms with Crippen LogP contribution in [0.5, 0.6) is 0 Å². The Morgan fingerprint density at radius 3 is 2.62 bits per heavy atom. The standard InChI is InChI=1S/C10H11BrN2/c11-7-9-4-8(2-1-3-12)5-10(13)6-9/h4-6H,1-2,7,13H2. The third-order valence-corrected chi connectivity index (χ3v) is 2.40. The van der Waals surface area contributed by atoms with Crippen LogP contribution in [0.3, 0.4) is 0 Å². The molecule has 0 fully saturated rings. The van der Waals surface area contributed by atoms with Crippen LogP contribution < -0.4 is 5.73 Å². The quantitative estimate of drug-likeness (QED) is 0.651. The van der Waals surface area contributed by atoms with E-state index in [1.54, 1.807) is 0 Å². The first-order valence-corrected chi connectivity index (χ1v) is 5.19. The molecule has 0 bridgehead atoms. The summed E-state index contributed by atoms with van der Waals surface area (Å²) in [5, 5.41) is 9.24. The van der Waals surface area contributed by atoms with Crippen molar-refractivity contribution in [2.24, 2.45) is 0 Å². The van der Waals surface area contributed by atoms with E-state index < -0.39 is 0 Å². The maximum absolute atomic E-state index is 8.43. The Morgan fingerprint density at radius 1 is 1.31 bits per heavy atom. The first kappa shape index (κ1) is 10.1. The molecule has 0 spiro atoms. The summed E-state index contributed by atoms with van der Waals surface area (Å²) in [5.74, 6) is 0. The third-order valence-electron chi connectivity index (χ3n) is 1.75. The van der Waals surface area contributed by atoms with Crippen molar-refractivity contribution >= 4 is 21.6 Å². The van der Waals surface area contributed by atoms with Crippen molar-refractivity contribution in [1.82, 2.24) is 0 Å². The Bertz CT molecular complexity index is 328. The minimum Gasteiger partial charge on any atom is -0.399 e. The Hall–Kier alpha value is -1.01. The van der Waals surface area contributed by atoms with Crippen molar-refractivity contribution in [3.63, 3.8) is 0 Å². The number of nitriles is 1. The molecule has 0 aliphatic carbocycles. The molecule has 0 aliphatic rings. The number of alkyl halides is 1. The van der Waals surface area contributed by atoms with E-state index in [1.165, 1.54) is 0 Å². The first-order chi connectivity index (χ1) is 6.26. The maximum atomic E-state index is 8.43. The molecule has 1 aromatic carbocycles. The van der Waals surface area contributed by atoms with Crippen LogP contribution in [0.25, 0.3) is 0 Å². The number of halogens is 1. The average molecular weight is 239 g/mol. The number of nitrogens with zero attached hydrogens (tertiary/aromatic N) is 1. The molecule has 0 amide bonds. The molecule has 1 rings (SSSR count). The van der Waals surface area contributed by atoms with Crippen LogP contribution in [0.1, 0.15) is 17.5 Å². The van der Waals surface area contributed by atoms with E-state index >= 15 is 0 Å². The smallest absolute Gasteiger partial charge is 0.0625 e. The zero-order valence-corrected chi connectivity index (χ0v) is 8.84. The summed E-state index contributed by atoms with van der Waals surface area (Å²) in [5.41, 5.74) is 8.77. The van der Waals surface area contributed by atoms with E-state index in [-0.39, 0.29) is 0 Å². The van der Waals surface area contributed by atoms with Gasteiger partial charge in [0.05, 0.1) is 6.07 Å². The predicted octanol–water partition coefficient (Wildman–Crippen LogP) is 2.62. The number of aryl methyl sites for hydroxylation is 1. The van der Waals surface area contributed by atoms with Crippen molar-refractivity contribution in [1.29, 1.82) is 5.26 Å². The highest BCUT2D eigenvalue weighted by Crippen LogP contribution is 2.15. The van der Waals surface area contributed by atoms with Crippen LogP contribution in [0, 0.1) is 11.3 Å². The number of rotatable bonds is 3. The topological polar surface area (TPSA) is 49.8 Å². The minimum atomic E-state index is 0.547. The molecule has 68 valence electrons. The molecule has 0 aromatic heterocycles. The Labute approximate surface area is 86.5 Å². The zero-order chi connectivity index (χ0) is 9.68. The second-order valence-electron chi connectivity index (χ2n) is 2.87. The van der Waals surface area contributed by atoms with Gasteiger partial charge < -0.3 is 5.73 Å². The number of nitrogens with two attached hydrogens (primary N) is 1. The van der Waals surface area contributed by atoms with Crippen LogP contribution in [0.2, 0.25) is 0 Å². The molecule has 0 aliphatic heterocycles. The molecule has 0 saturated heterocycles. The van der Waals surface area contributed by atoms with Gasteiger partial charge in [-0.15, -0.1) is 0 Å². The summed E-state index contributed by atoms with van der Waals surface area (Å²) in [6.45, 7) is 0. The van der Waals surface area contributed by atoms with E-state index in [0.29, 0.717) is 6.42 Å². The molecular formula is C10H11BrN2. The molecule has 0 radical (unpaired) electrons. The van der Waals surface area contributed by atoms with E-state index in [0.717, 1.165) is 28.6 Å². The fraction of sp³-hybridized carbons (Fsp3) is 0.300. The second-order valence-corrected chi connectivity index (χ2v) is 3.44. The molecule has 13 heavy (non-hydrogen) atoms. The lowest BCUT2D eigenvalue weighted by atomic mass is 10.1. The van der Waals surface area contributed by atoms with Gasteiger partial charge in [-0.3, -0.25) is 0 Å². The summed E-state index contributed by atoms with van der Waals surface area (Å²) in [6.07, 6.45) is 1.33. The average Bonchev–Trinajstić information content (AvgIpc) is 2.14. The molecule has 0 saturated carbocycles. The summed E-state index contributed by atoms with van der Waals surface area (Å²) in [4.78, 5) is 0. The Morgan fingerprint density at radius 2 is 2.00 bits per heavy atom. The van der Waals surface area contributed by atoms with Gasteiger partial charge in [-0.25, -0.2) is 0 Å². The monoisotopic (exact) mass is 238 g/mol. The molecule has 1 aromatic rings. The predicted molar refractivity (Wildman–Crippen MR) is 57.4 cm³/mol. The van der Waals surface area contributed by atoms with E-state index in [1.807, 2.05) is 12.1 Å². The molecule has 0 unspecified atom stereocenters. The number of hydrogen-bond donors (Lipinski definition) is 1. The van der Waals surface area contributed by atoms with Crippen molar-refractivity contribution < 1.29 is 0 Å². The third kappa shape index (κ3) is 3.08. The zero-order valence-electron chi connectivity index (χ0n) is 7.26. The largest absolute Gasteiger partial charge is 0.399 e. The van der Waals surface area contributed by atoms with E-state index in [9.17, 15) is 0 Å². The van der Waals surface area contributed by atoms with Crippen molar-refractivity contribution in [2.45, 2.75) is 18.2 Å². The van der Waals surface area contributed by atoms with Crippen LogP contribution in [-0.4, -0.2) is 0 Å². The highest BCUT2D eigenvalue weighted by Gasteiger charge is 1.97. The highest BCUT2D eigenvalue weighted by atomic mass is 79.9. The van der Waals surface area contributed by atoms with Crippen LogP contribution in [0.15, 0.2) is 18.2 Å². The molecule has 3 heteroatoms. The number of benzene rings is 1. The van der Waals surface area contributed by atoms with Crippen molar-refractivity contribution in [3.05, 3.63) is 29.3 Å². The fourth-order valence-corrected chi connectivity index (χ4v) is 1.54. The van der Waals surface area contributed by atoms with Gasteiger partial charge in [-0.1, -0.05) is 22.0 Å². The van der Waals surface area contributed by atoms with Gasteiger partial charge in [-0.05, 0) is 29.7 Å². The SMILES string of the molecule is N#CCCc1cc(N)cc(CBr)c1. The summed E-state index contributed by atoms with van der Waals surface area (Å²) in [6, 6.07) is 8.05. The van der Waals surface area contributed by atoms with Gasteiger partial charge in [0.1, 0.15) is 0 Å². The van der Waals surface area contributed by atoms with Crippen molar-refractivity contribution in [3.8, 4) is 6.07 Å². The lowest BCUT2D eigenvalue weighted by molar-refractivity contribution is 1.01. The maximum Gasteiger partial charge on any atom is 0.0625 e. The van der Waals surface area contributed by atoms with Crippen LogP contribution >= 0.6 is 15.9 Å². The lowest BCUT2D eigenvalue weighted by Crippen LogP contribution is -1.92. The van der Waals surface area contributed by atoms with Gasteiger partial charge in [0.2, 0.25) is 0 Å². The number of anilines is 1. The molecular weight excluding hydrogens is 228 g/mol. The number of nitrogen functional groups attached to an aromatic ring is 1. The minimum absolute atomic E-state index is 0.547. The molecule has 0 heterocycles. The van der Waals surface area contributed by atoms with E-state index in [4.69, 9.17) is 11.0 Å². The molecule has 0 atom stereocenters. The molecule has 2 nitrogen and oxygen atoms in total. The first-order valence-electron chi connectivity index (χ1n) is 4.07. The van der Waals surface area contributed by atoms with Gasteiger partial charge in [0.15, 0.2) is 0 Å². The van der Waals surface area contributed by atoms with Crippen molar-refractivity contribution in [2.75, 3.05) is 5.73 Å². The summed E-state index contributed by atoms with van der Waals surface area (Å²) < 4.78 is 0. The summed E-state index contributed by atoms with van der Waals surface area (Å²) >= 11 is 3.37. The van der Waals surface area contributed by atoms with E-state index in [2.05, 4.69) is 28.1 Å². The number of hydrogen-bond acceptors (Lipinski definition) is 2. The van der Waals surface area contributed by atoms with Gasteiger partial charge in [-0.2, -0.15) is 5.26 Å². The summed E-state index contributed by atoms with van der Waals surface area (Å²) in [7, 11) is 0. The van der Waals surface area contributed by atoms with Crippen LogP contribution in [-0.2, 0) is 11.8 Å². The lowest BCUT2D eigenvalue weighted by Gasteiger charge is -2.03. The Kier molecular flexibility index (Phi) is 3.78. The highest BCUT2D eigenvalue weighted by molar-refractivity contribution is 9.08. The second kappa shape index (κ2) is 4.88. The fourth-order valence-electron chi connectivity index (χ4n) is 1.21. The van der Waals surface area contributed by atoms with Gasteiger partial charge in [0.25, 0.3) is 0 Å². The van der Waals surface area contributed by atoms with Crippen LogP contribution in [0.4, 0.5) is 5.69 Å². The van der Waals surface area contributed by atoms with Gasteiger partial charge >= 0.3 is 0 Å². The van der Waals surface area contributed by atoms with Gasteiger partial charge in [0, 0.05) is 17.4 Å². The Balaban J connectivity index is 2.83.